The molecule has 2 rings (SSSR count). The minimum Gasteiger partial charge on any atom is -0.390 e. The van der Waals surface area contributed by atoms with E-state index in [4.69, 9.17) is 4.74 Å². The average Bonchev–Trinajstić information content (AvgIpc) is 2.39. The van der Waals surface area contributed by atoms with Crippen LogP contribution >= 0.6 is 0 Å². The van der Waals surface area contributed by atoms with Crippen LogP contribution in [-0.4, -0.2) is 35.5 Å². The zero-order valence-electron chi connectivity index (χ0n) is 10.9. The molecule has 2 heterocycles. The van der Waals surface area contributed by atoms with Crippen LogP contribution in [0.4, 0.5) is 18.9 Å². The van der Waals surface area contributed by atoms with E-state index in [2.05, 4.69) is 10.3 Å². The number of aromatic nitrogens is 1. The van der Waals surface area contributed by atoms with E-state index < -0.39 is 17.5 Å². The second-order valence-electron chi connectivity index (χ2n) is 4.94. The zero-order valence-corrected chi connectivity index (χ0v) is 10.9. The van der Waals surface area contributed by atoms with Crippen LogP contribution < -0.4 is 5.32 Å². The molecule has 1 aliphatic rings. The van der Waals surface area contributed by atoms with Crippen molar-refractivity contribution >= 4 is 5.69 Å². The fraction of sp³-hybridized carbons (Fsp3) is 0.615. The Balaban J connectivity index is 1.82. The Bertz CT molecular complexity index is 428. The van der Waals surface area contributed by atoms with Crippen molar-refractivity contribution in [1.82, 2.24) is 4.98 Å². The minimum absolute atomic E-state index is 0.476. The van der Waals surface area contributed by atoms with Gasteiger partial charge in [0, 0.05) is 19.8 Å². The normalized spacial score (nSPS) is 18.8. The van der Waals surface area contributed by atoms with Crippen molar-refractivity contribution in [2.75, 3.05) is 25.1 Å². The van der Waals surface area contributed by atoms with Crippen molar-refractivity contribution in [2.24, 2.45) is 0 Å². The first-order valence-corrected chi connectivity index (χ1v) is 6.46. The molecule has 0 aliphatic carbocycles. The molecule has 0 amide bonds. The van der Waals surface area contributed by atoms with E-state index in [9.17, 15) is 18.3 Å². The third-order valence-electron chi connectivity index (χ3n) is 3.40. The molecule has 0 radical (unpaired) electrons. The Labute approximate surface area is 115 Å². The number of pyridine rings is 1. The van der Waals surface area contributed by atoms with Crippen molar-refractivity contribution < 1.29 is 23.0 Å². The summed E-state index contributed by atoms with van der Waals surface area (Å²) in [6.07, 6.45) is -1.58. The average molecular weight is 290 g/mol. The molecular formula is C13H17F3N2O2. The lowest BCUT2D eigenvalue weighted by Crippen LogP contribution is -2.37. The van der Waals surface area contributed by atoms with Crippen LogP contribution in [0.15, 0.2) is 18.3 Å². The third kappa shape index (κ3) is 4.08. The van der Waals surface area contributed by atoms with Gasteiger partial charge in [0.1, 0.15) is 5.69 Å². The van der Waals surface area contributed by atoms with Crippen LogP contribution in [0.3, 0.4) is 0 Å². The summed E-state index contributed by atoms with van der Waals surface area (Å²) in [5.74, 6) is 0. The minimum atomic E-state index is -4.42. The molecule has 112 valence electrons. The van der Waals surface area contributed by atoms with Crippen molar-refractivity contribution in [3.63, 3.8) is 0 Å². The number of ether oxygens (including phenoxy) is 1. The summed E-state index contributed by atoms with van der Waals surface area (Å²) in [6, 6.07) is 2.27. The van der Waals surface area contributed by atoms with E-state index in [1.165, 1.54) is 6.07 Å². The highest BCUT2D eigenvalue weighted by molar-refractivity contribution is 5.41. The monoisotopic (exact) mass is 290 g/mol. The summed E-state index contributed by atoms with van der Waals surface area (Å²) in [4.78, 5) is 3.36. The maximum absolute atomic E-state index is 12.3. The van der Waals surface area contributed by atoms with Crippen LogP contribution in [-0.2, 0) is 10.9 Å². The SMILES string of the molecule is OC1(CCNc2ccc(C(F)(F)F)nc2)CCOCC1. The largest absolute Gasteiger partial charge is 0.433 e. The molecule has 1 aromatic heterocycles. The fourth-order valence-corrected chi connectivity index (χ4v) is 2.11. The van der Waals surface area contributed by atoms with Crippen LogP contribution in [0.5, 0.6) is 0 Å². The number of anilines is 1. The molecule has 0 bridgehead atoms. The van der Waals surface area contributed by atoms with Gasteiger partial charge in [-0.05, 0) is 31.4 Å². The summed E-state index contributed by atoms with van der Waals surface area (Å²) in [5.41, 5.74) is -1.15. The first-order chi connectivity index (χ1) is 9.39. The third-order valence-corrected chi connectivity index (χ3v) is 3.40. The number of aliphatic hydroxyl groups is 1. The first kappa shape index (κ1) is 15.1. The van der Waals surface area contributed by atoms with E-state index in [0.717, 1.165) is 12.3 Å². The molecule has 0 aromatic carbocycles. The molecule has 1 aromatic rings. The summed E-state index contributed by atoms with van der Waals surface area (Å²) >= 11 is 0. The Hall–Kier alpha value is -1.34. The lowest BCUT2D eigenvalue weighted by Gasteiger charge is -2.32. The maximum Gasteiger partial charge on any atom is 0.433 e. The van der Waals surface area contributed by atoms with Gasteiger partial charge in [0.25, 0.3) is 0 Å². The number of hydrogen-bond acceptors (Lipinski definition) is 4. The molecular weight excluding hydrogens is 273 g/mol. The number of nitrogens with one attached hydrogen (secondary N) is 1. The number of hydrogen-bond donors (Lipinski definition) is 2. The van der Waals surface area contributed by atoms with Crippen LogP contribution in [0, 0.1) is 0 Å². The quantitative estimate of drug-likeness (QED) is 0.894. The zero-order chi connectivity index (χ0) is 14.6. The summed E-state index contributed by atoms with van der Waals surface area (Å²) in [6.45, 7) is 1.56. The molecule has 0 atom stereocenters. The van der Waals surface area contributed by atoms with Gasteiger partial charge in [-0.2, -0.15) is 13.2 Å². The summed E-state index contributed by atoms with van der Waals surface area (Å²) < 4.78 is 42.2. The standard InChI is InChI=1S/C13H17F3N2O2/c14-13(15,16)11-2-1-10(9-18-11)17-6-3-12(19)4-7-20-8-5-12/h1-2,9,17,19H,3-8H2. The molecule has 2 N–H and O–H groups in total. The van der Waals surface area contributed by atoms with Crippen LogP contribution in [0.1, 0.15) is 25.0 Å². The van der Waals surface area contributed by atoms with E-state index in [1.807, 2.05) is 0 Å². The predicted molar refractivity (Wildman–Crippen MR) is 67.3 cm³/mol. The highest BCUT2D eigenvalue weighted by Crippen LogP contribution is 2.28. The fourth-order valence-electron chi connectivity index (χ4n) is 2.11. The van der Waals surface area contributed by atoms with Crippen LogP contribution in [0.25, 0.3) is 0 Å². The number of halogens is 3. The summed E-state index contributed by atoms with van der Waals surface area (Å²) in [5, 5.41) is 13.2. The molecule has 4 nitrogen and oxygen atoms in total. The lowest BCUT2D eigenvalue weighted by molar-refractivity contribution is -0.141. The smallest absolute Gasteiger partial charge is 0.390 e. The molecule has 1 aliphatic heterocycles. The maximum atomic E-state index is 12.3. The van der Waals surface area contributed by atoms with Gasteiger partial charge in [0.2, 0.25) is 0 Å². The van der Waals surface area contributed by atoms with Crippen LogP contribution in [0.2, 0.25) is 0 Å². The molecule has 1 fully saturated rings. The van der Waals surface area contributed by atoms with Gasteiger partial charge in [-0.15, -0.1) is 0 Å². The highest BCUT2D eigenvalue weighted by Gasteiger charge is 2.32. The number of alkyl halides is 3. The van der Waals surface area contributed by atoms with Gasteiger partial charge in [-0.25, -0.2) is 4.98 Å². The Kier molecular flexibility index (Phi) is 4.49. The molecule has 1 saturated heterocycles. The molecule has 7 heteroatoms. The van der Waals surface area contributed by atoms with Gasteiger partial charge in [-0.1, -0.05) is 0 Å². The molecule has 0 spiro atoms. The topological polar surface area (TPSA) is 54.4 Å². The Morgan fingerprint density at radius 1 is 1.30 bits per heavy atom. The van der Waals surface area contributed by atoms with Crippen molar-refractivity contribution in [2.45, 2.75) is 31.0 Å². The van der Waals surface area contributed by atoms with Gasteiger partial charge >= 0.3 is 6.18 Å². The lowest BCUT2D eigenvalue weighted by atomic mass is 9.91. The van der Waals surface area contributed by atoms with Gasteiger partial charge < -0.3 is 15.2 Å². The van der Waals surface area contributed by atoms with E-state index >= 15 is 0 Å². The Morgan fingerprint density at radius 2 is 2.00 bits per heavy atom. The first-order valence-electron chi connectivity index (χ1n) is 6.46. The van der Waals surface area contributed by atoms with Gasteiger partial charge in [-0.3, -0.25) is 0 Å². The molecule has 0 saturated carbocycles. The van der Waals surface area contributed by atoms with Crippen molar-refractivity contribution in [3.05, 3.63) is 24.0 Å². The van der Waals surface area contributed by atoms with E-state index in [1.54, 1.807) is 0 Å². The van der Waals surface area contributed by atoms with Crippen molar-refractivity contribution in [3.8, 4) is 0 Å². The van der Waals surface area contributed by atoms with E-state index in [-0.39, 0.29) is 0 Å². The highest BCUT2D eigenvalue weighted by atomic mass is 19.4. The second-order valence-corrected chi connectivity index (χ2v) is 4.94. The van der Waals surface area contributed by atoms with Crippen molar-refractivity contribution in [1.29, 1.82) is 0 Å². The number of rotatable bonds is 4. The number of nitrogens with zero attached hydrogens (tertiary/aromatic N) is 1. The Morgan fingerprint density at radius 3 is 2.55 bits per heavy atom. The van der Waals surface area contributed by atoms with E-state index in [0.29, 0.717) is 44.7 Å². The van der Waals surface area contributed by atoms with Gasteiger partial charge in [0.05, 0.1) is 17.5 Å². The predicted octanol–water partition coefficient (Wildman–Crippen LogP) is 2.44. The second kappa shape index (κ2) is 5.97. The molecule has 20 heavy (non-hydrogen) atoms. The summed E-state index contributed by atoms with van der Waals surface area (Å²) in [7, 11) is 0. The van der Waals surface area contributed by atoms with Gasteiger partial charge in [0.15, 0.2) is 0 Å². The molecule has 0 unspecified atom stereocenters.